The topological polar surface area (TPSA) is 61.4 Å². The van der Waals surface area contributed by atoms with Gasteiger partial charge in [0, 0.05) is 6.54 Å². The molecule has 0 aromatic rings. The molecular formula is C11H19F3N2O2. The minimum atomic E-state index is -4.42. The van der Waals surface area contributed by atoms with Crippen molar-refractivity contribution in [1.29, 1.82) is 0 Å². The molecule has 0 aliphatic heterocycles. The van der Waals surface area contributed by atoms with Crippen molar-refractivity contribution in [2.75, 3.05) is 13.1 Å². The molecule has 18 heavy (non-hydrogen) atoms. The van der Waals surface area contributed by atoms with Crippen molar-refractivity contribution in [1.82, 2.24) is 10.6 Å². The summed E-state index contributed by atoms with van der Waals surface area (Å²) >= 11 is 0. The summed E-state index contributed by atoms with van der Waals surface area (Å²) in [6.07, 6.45) is -1.57. The zero-order valence-corrected chi connectivity index (χ0v) is 10.3. The highest BCUT2D eigenvalue weighted by Gasteiger charge is 2.32. The molecule has 4 nitrogen and oxygen atoms in total. The number of amides is 2. The SMILES string of the molecule is CC1CCC(O)(CNC(=O)NCC(F)(F)F)CC1. The van der Waals surface area contributed by atoms with E-state index >= 15 is 0 Å². The molecule has 0 aromatic carbocycles. The number of alkyl halides is 3. The minimum absolute atomic E-state index is 0.0105. The fraction of sp³-hybridized carbons (Fsp3) is 0.909. The van der Waals surface area contributed by atoms with Crippen LogP contribution < -0.4 is 10.6 Å². The lowest BCUT2D eigenvalue weighted by Gasteiger charge is -2.34. The van der Waals surface area contributed by atoms with Crippen molar-refractivity contribution in [2.24, 2.45) is 5.92 Å². The maximum absolute atomic E-state index is 11.8. The summed E-state index contributed by atoms with van der Waals surface area (Å²) in [4.78, 5) is 11.1. The van der Waals surface area contributed by atoms with Crippen LogP contribution >= 0.6 is 0 Å². The number of urea groups is 1. The van der Waals surface area contributed by atoms with Crippen LogP contribution in [0.5, 0.6) is 0 Å². The molecule has 1 aliphatic rings. The van der Waals surface area contributed by atoms with Crippen molar-refractivity contribution in [3.63, 3.8) is 0 Å². The van der Waals surface area contributed by atoms with Crippen molar-refractivity contribution in [3.05, 3.63) is 0 Å². The number of halogens is 3. The third kappa shape index (κ3) is 5.57. The van der Waals surface area contributed by atoms with Crippen LogP contribution in [-0.2, 0) is 0 Å². The first-order chi connectivity index (χ1) is 8.20. The van der Waals surface area contributed by atoms with Gasteiger partial charge in [0.1, 0.15) is 6.54 Å². The van der Waals surface area contributed by atoms with Gasteiger partial charge in [0.05, 0.1) is 5.60 Å². The van der Waals surface area contributed by atoms with Gasteiger partial charge in [0.2, 0.25) is 0 Å². The van der Waals surface area contributed by atoms with E-state index in [1.165, 1.54) is 0 Å². The number of carbonyl (C=O) groups excluding carboxylic acids is 1. The van der Waals surface area contributed by atoms with Gasteiger partial charge < -0.3 is 15.7 Å². The predicted octanol–water partition coefficient (Wildman–Crippen LogP) is 1.79. The molecule has 0 atom stereocenters. The summed E-state index contributed by atoms with van der Waals surface area (Å²) in [7, 11) is 0. The van der Waals surface area contributed by atoms with E-state index in [1.54, 1.807) is 5.32 Å². The lowest BCUT2D eigenvalue weighted by atomic mass is 9.79. The molecule has 0 spiro atoms. The van der Waals surface area contributed by atoms with Crippen LogP contribution in [0, 0.1) is 5.92 Å². The molecule has 0 bridgehead atoms. The Morgan fingerprint density at radius 2 is 1.89 bits per heavy atom. The lowest BCUT2D eigenvalue weighted by molar-refractivity contribution is -0.122. The molecule has 0 aromatic heterocycles. The van der Waals surface area contributed by atoms with Crippen molar-refractivity contribution >= 4 is 6.03 Å². The summed E-state index contributed by atoms with van der Waals surface area (Å²) in [6.45, 7) is 0.709. The van der Waals surface area contributed by atoms with Gasteiger partial charge in [-0.25, -0.2) is 4.79 Å². The Balaban J connectivity index is 2.25. The second-order valence-corrected chi connectivity index (χ2v) is 5.06. The van der Waals surface area contributed by atoms with E-state index in [9.17, 15) is 23.1 Å². The molecule has 1 saturated carbocycles. The smallest absolute Gasteiger partial charge is 0.388 e. The zero-order valence-electron chi connectivity index (χ0n) is 10.3. The van der Waals surface area contributed by atoms with Gasteiger partial charge in [-0.15, -0.1) is 0 Å². The summed E-state index contributed by atoms with van der Waals surface area (Å²) in [5.74, 6) is 0.546. The number of nitrogens with one attached hydrogen (secondary N) is 2. The van der Waals surface area contributed by atoms with Crippen molar-refractivity contribution in [2.45, 2.75) is 44.4 Å². The van der Waals surface area contributed by atoms with Crippen LogP contribution in [0.15, 0.2) is 0 Å². The Labute approximate surface area is 104 Å². The maximum Gasteiger partial charge on any atom is 0.405 e. The fourth-order valence-electron chi connectivity index (χ4n) is 1.96. The first-order valence-electron chi connectivity index (χ1n) is 6.01. The molecule has 2 amide bonds. The molecule has 1 rings (SSSR count). The second kappa shape index (κ2) is 5.77. The Morgan fingerprint density at radius 3 is 2.39 bits per heavy atom. The van der Waals surface area contributed by atoms with Gasteiger partial charge >= 0.3 is 12.2 Å². The van der Waals surface area contributed by atoms with Crippen LogP contribution in [0.3, 0.4) is 0 Å². The monoisotopic (exact) mass is 268 g/mol. The van der Waals surface area contributed by atoms with E-state index in [0.29, 0.717) is 18.8 Å². The van der Waals surface area contributed by atoms with Crippen molar-refractivity contribution in [3.8, 4) is 0 Å². The van der Waals surface area contributed by atoms with Gasteiger partial charge in [-0.05, 0) is 31.6 Å². The molecule has 0 radical (unpaired) electrons. The van der Waals surface area contributed by atoms with E-state index < -0.39 is 24.4 Å². The van der Waals surface area contributed by atoms with Crippen LogP contribution in [-0.4, -0.2) is 36.0 Å². The van der Waals surface area contributed by atoms with Crippen LogP contribution in [0.4, 0.5) is 18.0 Å². The van der Waals surface area contributed by atoms with Crippen LogP contribution in [0.25, 0.3) is 0 Å². The minimum Gasteiger partial charge on any atom is -0.388 e. The van der Waals surface area contributed by atoms with E-state index in [4.69, 9.17) is 0 Å². The third-order valence-corrected chi connectivity index (χ3v) is 3.23. The Morgan fingerprint density at radius 1 is 1.33 bits per heavy atom. The first-order valence-corrected chi connectivity index (χ1v) is 6.01. The highest BCUT2D eigenvalue weighted by atomic mass is 19.4. The number of carbonyl (C=O) groups is 1. The highest BCUT2D eigenvalue weighted by molar-refractivity contribution is 5.73. The highest BCUT2D eigenvalue weighted by Crippen LogP contribution is 2.31. The molecule has 0 unspecified atom stereocenters. The van der Waals surface area contributed by atoms with Gasteiger partial charge in [-0.2, -0.15) is 13.2 Å². The molecule has 1 fully saturated rings. The van der Waals surface area contributed by atoms with Crippen LogP contribution in [0.1, 0.15) is 32.6 Å². The van der Waals surface area contributed by atoms with Gasteiger partial charge in [-0.3, -0.25) is 0 Å². The molecular weight excluding hydrogens is 249 g/mol. The van der Waals surface area contributed by atoms with E-state index in [-0.39, 0.29) is 6.54 Å². The normalized spacial score (nSPS) is 28.8. The summed E-state index contributed by atoms with van der Waals surface area (Å²) in [5, 5.41) is 14.1. The fourth-order valence-corrected chi connectivity index (χ4v) is 1.96. The number of hydrogen-bond donors (Lipinski definition) is 3. The number of hydrogen-bond acceptors (Lipinski definition) is 2. The number of aliphatic hydroxyl groups is 1. The number of rotatable bonds is 3. The maximum atomic E-state index is 11.8. The largest absolute Gasteiger partial charge is 0.405 e. The molecule has 0 heterocycles. The molecule has 7 heteroatoms. The van der Waals surface area contributed by atoms with E-state index in [0.717, 1.165) is 12.8 Å². The summed E-state index contributed by atoms with van der Waals surface area (Å²) in [6, 6.07) is -0.903. The molecule has 0 saturated heterocycles. The first kappa shape index (κ1) is 15.1. The average Bonchev–Trinajstić information content (AvgIpc) is 2.27. The van der Waals surface area contributed by atoms with Gasteiger partial charge in [0.25, 0.3) is 0 Å². The van der Waals surface area contributed by atoms with Gasteiger partial charge in [-0.1, -0.05) is 6.92 Å². The van der Waals surface area contributed by atoms with Crippen molar-refractivity contribution < 1.29 is 23.1 Å². The summed E-state index contributed by atoms with van der Waals surface area (Å²) < 4.78 is 35.5. The molecule has 1 aliphatic carbocycles. The van der Waals surface area contributed by atoms with E-state index in [1.807, 2.05) is 0 Å². The Bertz CT molecular complexity index is 287. The average molecular weight is 268 g/mol. The lowest BCUT2D eigenvalue weighted by Crippen LogP contribution is -2.49. The second-order valence-electron chi connectivity index (χ2n) is 5.06. The zero-order chi connectivity index (χ0) is 13.8. The van der Waals surface area contributed by atoms with Crippen LogP contribution in [0.2, 0.25) is 0 Å². The van der Waals surface area contributed by atoms with E-state index in [2.05, 4.69) is 12.2 Å². The standard InChI is InChI=1S/C11H19F3N2O2/c1-8-2-4-10(18,5-3-8)6-15-9(17)16-7-11(12,13)14/h8,18H,2-7H2,1H3,(H2,15,16,17). The molecule has 106 valence electrons. The Hall–Kier alpha value is -0.980. The van der Waals surface area contributed by atoms with Gasteiger partial charge in [0.15, 0.2) is 0 Å². The quantitative estimate of drug-likeness (QED) is 0.730. The Kier molecular flexibility index (Phi) is 4.84. The third-order valence-electron chi connectivity index (χ3n) is 3.23. The molecule has 3 N–H and O–H groups in total. The summed E-state index contributed by atoms with van der Waals surface area (Å²) in [5.41, 5.74) is -0.984. The predicted molar refractivity (Wildman–Crippen MR) is 60.0 cm³/mol.